The highest BCUT2D eigenvalue weighted by Gasteiger charge is 2.18. The van der Waals surface area contributed by atoms with Gasteiger partial charge in [0.2, 0.25) is 0 Å². The van der Waals surface area contributed by atoms with Gasteiger partial charge < -0.3 is 0 Å². The van der Waals surface area contributed by atoms with E-state index in [4.69, 9.17) is 21.7 Å². The van der Waals surface area contributed by atoms with Crippen LogP contribution in [0.1, 0.15) is 33.6 Å². The minimum Gasteiger partial charge on any atom is -0.233 e. The summed E-state index contributed by atoms with van der Waals surface area (Å²) in [6.45, 7) is 12.3. The maximum absolute atomic E-state index is 6.55. The summed E-state index contributed by atoms with van der Waals surface area (Å²) < 4.78 is 1.94. The number of aromatic nitrogens is 3. The average molecular weight is 314 g/mol. The molecule has 0 radical (unpaired) electrons. The summed E-state index contributed by atoms with van der Waals surface area (Å²) in [5, 5.41) is 6.43. The fourth-order valence-corrected chi connectivity index (χ4v) is 3.48. The first kappa shape index (κ1) is 15.0. The summed E-state index contributed by atoms with van der Waals surface area (Å²) >= 11 is 6.55. The van der Waals surface area contributed by atoms with Gasteiger partial charge in [0.15, 0.2) is 5.65 Å². The van der Waals surface area contributed by atoms with Crippen molar-refractivity contribution in [2.45, 2.75) is 41.5 Å². The maximum Gasteiger partial charge on any atom is 0.164 e. The fraction of sp³-hybridized carbons (Fsp3) is 0.333. The first-order chi connectivity index (χ1) is 10.3. The minimum atomic E-state index is 0.758. The first-order valence-electron chi connectivity index (χ1n) is 7.41. The average Bonchev–Trinajstić information content (AvgIpc) is 2.72. The van der Waals surface area contributed by atoms with Crippen molar-refractivity contribution in [2.24, 2.45) is 0 Å². The summed E-state index contributed by atoms with van der Waals surface area (Å²) in [5.74, 6) is 0. The topological polar surface area (TPSA) is 30.7 Å². The Kier molecular flexibility index (Phi) is 3.48. The standard InChI is InChI=1S/C18H20ClN3/c1-9-7-10(2)17(11(3)8-9)22-18-15(14(6)21-22)16(19)12(4)13(5)20-18/h7-8H,1-6H3. The van der Waals surface area contributed by atoms with Gasteiger partial charge in [0.25, 0.3) is 0 Å². The molecule has 0 saturated carbocycles. The number of fused-ring (bicyclic) bond motifs is 1. The highest BCUT2D eigenvalue weighted by molar-refractivity contribution is 6.36. The van der Waals surface area contributed by atoms with Crippen LogP contribution in [-0.4, -0.2) is 14.8 Å². The minimum absolute atomic E-state index is 0.758. The molecule has 1 aromatic carbocycles. The molecule has 0 amide bonds. The van der Waals surface area contributed by atoms with E-state index in [0.29, 0.717) is 0 Å². The summed E-state index contributed by atoms with van der Waals surface area (Å²) in [4.78, 5) is 4.75. The van der Waals surface area contributed by atoms with Gasteiger partial charge in [-0.15, -0.1) is 0 Å². The number of hydrogen-bond donors (Lipinski definition) is 0. The molecule has 0 saturated heterocycles. The molecule has 4 heteroatoms. The van der Waals surface area contributed by atoms with Crippen molar-refractivity contribution in [2.75, 3.05) is 0 Å². The molecule has 2 aromatic heterocycles. The van der Waals surface area contributed by atoms with Gasteiger partial charge in [0.1, 0.15) is 0 Å². The number of nitrogens with zero attached hydrogens (tertiary/aromatic N) is 3. The Morgan fingerprint density at radius 1 is 0.909 bits per heavy atom. The molecule has 0 unspecified atom stereocenters. The van der Waals surface area contributed by atoms with Crippen LogP contribution in [-0.2, 0) is 0 Å². The zero-order chi connectivity index (χ0) is 16.2. The van der Waals surface area contributed by atoms with Crippen LogP contribution in [0.25, 0.3) is 16.7 Å². The molecule has 22 heavy (non-hydrogen) atoms. The molecule has 0 bridgehead atoms. The third-order valence-electron chi connectivity index (χ3n) is 4.25. The molecule has 3 rings (SSSR count). The highest BCUT2D eigenvalue weighted by Crippen LogP contribution is 2.32. The first-order valence-corrected chi connectivity index (χ1v) is 7.79. The summed E-state index contributed by atoms with van der Waals surface area (Å²) in [5.41, 5.74) is 8.45. The second-order valence-electron chi connectivity index (χ2n) is 6.08. The summed E-state index contributed by atoms with van der Waals surface area (Å²) in [6, 6.07) is 4.35. The van der Waals surface area contributed by atoms with E-state index < -0.39 is 0 Å². The number of pyridine rings is 1. The van der Waals surface area contributed by atoms with Gasteiger partial charge in [-0.05, 0) is 58.2 Å². The fourth-order valence-electron chi connectivity index (χ4n) is 3.13. The number of hydrogen-bond acceptors (Lipinski definition) is 2. The van der Waals surface area contributed by atoms with Crippen LogP contribution < -0.4 is 0 Å². The lowest BCUT2D eigenvalue weighted by atomic mass is 10.1. The van der Waals surface area contributed by atoms with Crippen molar-refractivity contribution in [3.8, 4) is 5.69 Å². The Labute approximate surface area is 135 Å². The number of aryl methyl sites for hydroxylation is 5. The molecule has 2 heterocycles. The summed E-state index contributed by atoms with van der Waals surface area (Å²) in [7, 11) is 0. The molecule has 0 spiro atoms. The molecule has 0 aliphatic heterocycles. The molecular weight excluding hydrogens is 294 g/mol. The predicted octanol–water partition coefficient (Wildman–Crippen LogP) is 4.92. The van der Waals surface area contributed by atoms with Crippen LogP contribution in [0.5, 0.6) is 0 Å². The van der Waals surface area contributed by atoms with Crippen LogP contribution in [0.3, 0.4) is 0 Å². The number of rotatable bonds is 1. The smallest absolute Gasteiger partial charge is 0.164 e. The van der Waals surface area contributed by atoms with E-state index in [-0.39, 0.29) is 0 Å². The second-order valence-corrected chi connectivity index (χ2v) is 6.46. The van der Waals surface area contributed by atoms with E-state index >= 15 is 0 Å². The van der Waals surface area contributed by atoms with Gasteiger partial charge in [-0.2, -0.15) is 5.10 Å². The zero-order valence-corrected chi connectivity index (χ0v) is 14.6. The Hall–Kier alpha value is -1.87. The Morgan fingerprint density at radius 2 is 1.50 bits per heavy atom. The normalized spacial score (nSPS) is 11.4. The molecule has 0 N–H and O–H groups in total. The van der Waals surface area contributed by atoms with Crippen molar-refractivity contribution in [3.05, 3.63) is 50.8 Å². The van der Waals surface area contributed by atoms with E-state index in [2.05, 4.69) is 32.9 Å². The third kappa shape index (κ3) is 2.12. The van der Waals surface area contributed by atoms with E-state index in [1.54, 1.807) is 0 Å². The molecular formula is C18H20ClN3. The SMILES string of the molecule is Cc1cc(C)c(-n2nc(C)c3c(Cl)c(C)c(C)nc32)c(C)c1. The van der Waals surface area contributed by atoms with Gasteiger partial charge >= 0.3 is 0 Å². The Balaban J connectivity index is 2.44. The second kappa shape index (κ2) is 5.10. The third-order valence-corrected chi connectivity index (χ3v) is 4.72. The molecule has 0 atom stereocenters. The van der Waals surface area contributed by atoms with E-state index in [9.17, 15) is 0 Å². The van der Waals surface area contributed by atoms with Crippen LogP contribution in [0.2, 0.25) is 5.02 Å². The largest absolute Gasteiger partial charge is 0.233 e. The van der Waals surface area contributed by atoms with E-state index in [1.165, 1.54) is 16.7 Å². The lowest BCUT2D eigenvalue weighted by Gasteiger charge is -2.12. The monoisotopic (exact) mass is 313 g/mol. The van der Waals surface area contributed by atoms with Gasteiger partial charge in [-0.1, -0.05) is 29.3 Å². The quantitative estimate of drug-likeness (QED) is 0.638. The Morgan fingerprint density at radius 3 is 2.09 bits per heavy atom. The molecule has 3 nitrogen and oxygen atoms in total. The van der Waals surface area contributed by atoms with Crippen molar-refractivity contribution in [3.63, 3.8) is 0 Å². The van der Waals surface area contributed by atoms with Crippen LogP contribution in [0, 0.1) is 41.5 Å². The van der Waals surface area contributed by atoms with Gasteiger partial charge in [-0.25, -0.2) is 9.67 Å². The Bertz CT molecular complexity index is 884. The van der Waals surface area contributed by atoms with Crippen LogP contribution >= 0.6 is 11.6 Å². The molecule has 0 aliphatic rings. The van der Waals surface area contributed by atoms with Gasteiger partial charge in [-0.3, -0.25) is 0 Å². The van der Waals surface area contributed by atoms with Gasteiger partial charge in [0, 0.05) is 5.69 Å². The van der Waals surface area contributed by atoms with Crippen molar-refractivity contribution in [1.29, 1.82) is 0 Å². The van der Waals surface area contributed by atoms with Crippen molar-refractivity contribution >= 4 is 22.6 Å². The van der Waals surface area contributed by atoms with Gasteiger partial charge in [0.05, 0.1) is 21.8 Å². The maximum atomic E-state index is 6.55. The number of halogens is 1. The predicted molar refractivity (Wildman–Crippen MR) is 92.3 cm³/mol. The lowest BCUT2D eigenvalue weighted by molar-refractivity contribution is 0.860. The molecule has 114 valence electrons. The number of benzene rings is 1. The molecule has 3 aromatic rings. The van der Waals surface area contributed by atoms with Crippen LogP contribution in [0.4, 0.5) is 0 Å². The van der Waals surface area contributed by atoms with E-state index in [0.717, 1.165) is 38.7 Å². The van der Waals surface area contributed by atoms with Crippen molar-refractivity contribution < 1.29 is 0 Å². The zero-order valence-electron chi connectivity index (χ0n) is 13.9. The highest BCUT2D eigenvalue weighted by atomic mass is 35.5. The van der Waals surface area contributed by atoms with E-state index in [1.807, 2.05) is 25.5 Å². The molecule has 0 aliphatic carbocycles. The van der Waals surface area contributed by atoms with Crippen LogP contribution in [0.15, 0.2) is 12.1 Å². The summed E-state index contributed by atoms with van der Waals surface area (Å²) in [6.07, 6.45) is 0. The van der Waals surface area contributed by atoms with Crippen molar-refractivity contribution in [1.82, 2.24) is 14.8 Å². The molecule has 0 fully saturated rings. The lowest BCUT2D eigenvalue weighted by Crippen LogP contribution is -2.04.